The lowest BCUT2D eigenvalue weighted by Gasteiger charge is -2.34. The van der Waals surface area contributed by atoms with E-state index in [0.29, 0.717) is 11.4 Å². The van der Waals surface area contributed by atoms with E-state index in [1.807, 2.05) is 47.4 Å². The van der Waals surface area contributed by atoms with Crippen LogP contribution in [0.2, 0.25) is 5.02 Å². The van der Waals surface area contributed by atoms with Crippen molar-refractivity contribution in [3.8, 4) is 0 Å². The first-order valence-corrected chi connectivity index (χ1v) is 8.21. The van der Waals surface area contributed by atoms with E-state index in [1.54, 1.807) is 7.11 Å². The third kappa shape index (κ3) is 3.41. The fraction of sp³-hybridized carbons (Fsp3) is 0.316. The summed E-state index contributed by atoms with van der Waals surface area (Å²) in [6, 6.07) is 17.6. The first kappa shape index (κ1) is 16.0. The van der Waals surface area contributed by atoms with Crippen molar-refractivity contribution in [3.63, 3.8) is 0 Å². The second-order valence-corrected chi connectivity index (χ2v) is 6.19. The molecule has 1 saturated heterocycles. The summed E-state index contributed by atoms with van der Waals surface area (Å²) in [4.78, 5) is 14.3. The molecule has 1 amide bonds. The minimum Gasteiger partial charge on any atom is -0.374 e. The number of hydrogen-bond acceptors (Lipinski definition) is 2. The van der Waals surface area contributed by atoms with Crippen molar-refractivity contribution in [1.82, 2.24) is 4.90 Å². The molecule has 0 bridgehead atoms. The topological polar surface area (TPSA) is 29.5 Å². The molecule has 1 heterocycles. The number of ether oxygens (including phenoxy) is 1. The van der Waals surface area contributed by atoms with Gasteiger partial charge in [0.15, 0.2) is 0 Å². The molecule has 0 aliphatic carbocycles. The summed E-state index contributed by atoms with van der Waals surface area (Å²) in [6.07, 6.45) is 1.29. The molecule has 23 heavy (non-hydrogen) atoms. The molecule has 1 aliphatic rings. The van der Waals surface area contributed by atoms with Gasteiger partial charge in [0.05, 0.1) is 6.04 Å². The predicted octanol–water partition coefficient (Wildman–Crippen LogP) is 4.39. The van der Waals surface area contributed by atoms with Crippen LogP contribution in [0.15, 0.2) is 54.6 Å². The summed E-state index contributed by atoms with van der Waals surface area (Å²) in [7, 11) is 1.69. The van der Waals surface area contributed by atoms with Crippen molar-refractivity contribution >= 4 is 17.5 Å². The van der Waals surface area contributed by atoms with Gasteiger partial charge in [-0.15, -0.1) is 0 Å². The Labute approximate surface area is 141 Å². The standard InChI is InChI=1S/C19H20ClNO2/c1-23-19(15-9-11-16(20)12-10-15)18(14-6-3-2-4-7-14)21-13-5-8-17(21)22/h2-4,6-7,9-12,18-19H,5,8,13H2,1H3/t18-,19+/m1/s1. The van der Waals surface area contributed by atoms with Crippen LogP contribution in [0.3, 0.4) is 0 Å². The number of rotatable bonds is 5. The van der Waals surface area contributed by atoms with Gasteiger partial charge in [-0.25, -0.2) is 0 Å². The zero-order valence-corrected chi connectivity index (χ0v) is 13.9. The maximum Gasteiger partial charge on any atom is 0.223 e. The number of hydrogen-bond donors (Lipinski definition) is 0. The van der Waals surface area contributed by atoms with Crippen molar-refractivity contribution in [2.45, 2.75) is 25.0 Å². The number of carbonyl (C=O) groups excluding carboxylic acids is 1. The smallest absolute Gasteiger partial charge is 0.223 e. The molecule has 3 rings (SSSR count). The molecule has 0 saturated carbocycles. The molecule has 0 radical (unpaired) electrons. The fourth-order valence-electron chi connectivity index (χ4n) is 3.23. The Kier molecular flexibility index (Phi) is 4.99. The quantitative estimate of drug-likeness (QED) is 0.814. The SMILES string of the molecule is CO[C@@H](c1ccc(Cl)cc1)[C@@H](c1ccccc1)N1CCCC1=O. The van der Waals surface area contributed by atoms with Gasteiger partial charge in [0.1, 0.15) is 6.10 Å². The van der Waals surface area contributed by atoms with Gasteiger partial charge in [0.25, 0.3) is 0 Å². The zero-order chi connectivity index (χ0) is 16.2. The third-order valence-corrected chi connectivity index (χ3v) is 4.58. The van der Waals surface area contributed by atoms with E-state index in [9.17, 15) is 4.79 Å². The molecule has 0 spiro atoms. The molecule has 2 aromatic rings. The summed E-state index contributed by atoms with van der Waals surface area (Å²) >= 11 is 6.00. The van der Waals surface area contributed by atoms with E-state index in [0.717, 1.165) is 24.1 Å². The summed E-state index contributed by atoms with van der Waals surface area (Å²) in [5.41, 5.74) is 2.11. The van der Waals surface area contributed by atoms with Crippen LogP contribution in [0, 0.1) is 0 Å². The van der Waals surface area contributed by atoms with Gasteiger partial charge in [0.2, 0.25) is 5.91 Å². The maximum atomic E-state index is 12.3. The van der Waals surface area contributed by atoms with Gasteiger partial charge in [-0.1, -0.05) is 54.1 Å². The van der Waals surface area contributed by atoms with Crippen LogP contribution in [0.25, 0.3) is 0 Å². The summed E-state index contributed by atoms with van der Waals surface area (Å²) < 4.78 is 5.82. The number of amides is 1. The van der Waals surface area contributed by atoms with Crippen LogP contribution < -0.4 is 0 Å². The molecule has 4 heteroatoms. The maximum absolute atomic E-state index is 12.3. The van der Waals surface area contributed by atoms with Crippen molar-refractivity contribution in [1.29, 1.82) is 0 Å². The Morgan fingerprint density at radius 2 is 1.74 bits per heavy atom. The van der Waals surface area contributed by atoms with Crippen molar-refractivity contribution < 1.29 is 9.53 Å². The molecule has 0 aromatic heterocycles. The Bertz CT molecular complexity index is 657. The lowest BCUT2D eigenvalue weighted by Crippen LogP contribution is -2.34. The van der Waals surface area contributed by atoms with E-state index in [-0.39, 0.29) is 18.1 Å². The average Bonchev–Trinajstić information content (AvgIpc) is 3.00. The second kappa shape index (κ2) is 7.16. The Hall–Kier alpha value is -1.84. The van der Waals surface area contributed by atoms with Crippen molar-refractivity contribution in [2.75, 3.05) is 13.7 Å². The molecule has 1 aliphatic heterocycles. The molecule has 120 valence electrons. The fourth-order valence-corrected chi connectivity index (χ4v) is 3.36. The molecule has 1 fully saturated rings. The minimum atomic E-state index is -0.225. The number of nitrogens with zero attached hydrogens (tertiary/aromatic N) is 1. The third-order valence-electron chi connectivity index (χ3n) is 4.33. The molecular weight excluding hydrogens is 310 g/mol. The molecular formula is C19H20ClNO2. The Balaban J connectivity index is 2.02. The van der Waals surface area contributed by atoms with Gasteiger partial charge in [-0.3, -0.25) is 4.79 Å². The number of carbonyl (C=O) groups is 1. The molecule has 0 unspecified atom stereocenters. The first-order valence-electron chi connectivity index (χ1n) is 7.83. The van der Waals surface area contributed by atoms with Crippen molar-refractivity contribution in [3.05, 3.63) is 70.7 Å². The van der Waals surface area contributed by atoms with E-state index in [4.69, 9.17) is 16.3 Å². The zero-order valence-electron chi connectivity index (χ0n) is 13.1. The summed E-state index contributed by atoms with van der Waals surface area (Å²) in [5.74, 6) is 0.190. The second-order valence-electron chi connectivity index (χ2n) is 5.75. The Morgan fingerprint density at radius 3 is 2.30 bits per heavy atom. The predicted molar refractivity (Wildman–Crippen MR) is 91.3 cm³/mol. The van der Waals surface area contributed by atoms with Crippen molar-refractivity contribution in [2.24, 2.45) is 0 Å². The number of halogens is 1. The molecule has 0 N–H and O–H groups in total. The highest BCUT2D eigenvalue weighted by Crippen LogP contribution is 2.39. The van der Waals surface area contributed by atoms with Gasteiger partial charge < -0.3 is 9.64 Å². The van der Waals surface area contributed by atoms with E-state index < -0.39 is 0 Å². The summed E-state index contributed by atoms with van der Waals surface area (Å²) in [5, 5.41) is 0.692. The average molecular weight is 330 g/mol. The van der Waals surface area contributed by atoms with Crippen LogP contribution in [0.1, 0.15) is 36.1 Å². The largest absolute Gasteiger partial charge is 0.374 e. The highest BCUT2D eigenvalue weighted by Gasteiger charge is 2.35. The minimum absolute atomic E-state index is 0.127. The van der Waals surface area contributed by atoms with Crippen LogP contribution >= 0.6 is 11.6 Å². The molecule has 2 aromatic carbocycles. The van der Waals surface area contributed by atoms with Gasteiger partial charge in [-0.2, -0.15) is 0 Å². The van der Waals surface area contributed by atoms with Crippen LogP contribution in [0.5, 0.6) is 0 Å². The normalized spacial score (nSPS) is 17.3. The number of likely N-dealkylation sites (tertiary alicyclic amines) is 1. The number of methoxy groups -OCH3 is 1. The number of benzene rings is 2. The van der Waals surface area contributed by atoms with Crippen LogP contribution in [-0.4, -0.2) is 24.5 Å². The van der Waals surface area contributed by atoms with E-state index in [2.05, 4.69) is 12.1 Å². The van der Waals surface area contributed by atoms with Gasteiger partial charge >= 0.3 is 0 Å². The molecule has 2 atom stereocenters. The van der Waals surface area contributed by atoms with Crippen LogP contribution in [0.4, 0.5) is 0 Å². The van der Waals surface area contributed by atoms with Gasteiger partial charge in [-0.05, 0) is 29.7 Å². The van der Waals surface area contributed by atoms with Crippen LogP contribution in [-0.2, 0) is 9.53 Å². The lowest BCUT2D eigenvalue weighted by atomic mass is 9.94. The van der Waals surface area contributed by atoms with Gasteiger partial charge in [0, 0.05) is 25.1 Å². The Morgan fingerprint density at radius 1 is 1.04 bits per heavy atom. The van der Waals surface area contributed by atoms with E-state index >= 15 is 0 Å². The summed E-state index contributed by atoms with van der Waals surface area (Å²) in [6.45, 7) is 0.770. The monoisotopic (exact) mass is 329 g/mol. The first-order chi connectivity index (χ1) is 11.2. The highest BCUT2D eigenvalue weighted by atomic mass is 35.5. The van der Waals surface area contributed by atoms with E-state index in [1.165, 1.54) is 0 Å². The lowest BCUT2D eigenvalue weighted by molar-refractivity contribution is -0.133. The highest BCUT2D eigenvalue weighted by molar-refractivity contribution is 6.30. The molecule has 3 nitrogen and oxygen atoms in total.